The Labute approximate surface area is 236 Å². The topological polar surface area (TPSA) is 101 Å². The van der Waals surface area contributed by atoms with E-state index < -0.39 is 11.8 Å². The first-order chi connectivity index (χ1) is 19.3. The van der Waals surface area contributed by atoms with E-state index in [1.54, 1.807) is 67.8 Å². The number of anilines is 3. The van der Waals surface area contributed by atoms with Gasteiger partial charge >= 0.3 is 0 Å². The smallest absolute Gasteiger partial charge is 0.291 e. The first-order valence-corrected chi connectivity index (χ1v) is 13.4. The average Bonchev–Trinajstić information content (AvgIpc) is 3.58. The number of thioether (sulfide) groups is 1. The number of carbonyl (C=O) groups excluding carboxylic acids is 3. The number of furan rings is 1. The maximum Gasteiger partial charge on any atom is 0.291 e. The molecule has 0 aliphatic carbocycles. The van der Waals surface area contributed by atoms with Gasteiger partial charge in [0, 0.05) is 16.3 Å². The van der Waals surface area contributed by atoms with Crippen LogP contribution in [-0.2, 0) is 9.59 Å². The highest BCUT2D eigenvalue weighted by atomic mass is 32.2. The summed E-state index contributed by atoms with van der Waals surface area (Å²) >= 11 is 1.18. The van der Waals surface area contributed by atoms with E-state index in [0.717, 1.165) is 9.80 Å². The minimum Gasteiger partial charge on any atom is -0.497 e. The second-order valence-electron chi connectivity index (χ2n) is 9.31. The highest BCUT2D eigenvalue weighted by Crippen LogP contribution is 2.38. The number of imide groups is 1. The van der Waals surface area contributed by atoms with Crippen LogP contribution in [0.3, 0.4) is 0 Å². The van der Waals surface area contributed by atoms with Crippen LogP contribution < -0.4 is 20.3 Å². The minimum absolute atomic E-state index is 0.193. The van der Waals surface area contributed by atoms with Gasteiger partial charge in [-0.3, -0.25) is 14.4 Å². The largest absolute Gasteiger partial charge is 0.497 e. The Hall–Kier alpha value is -4.76. The summed E-state index contributed by atoms with van der Waals surface area (Å²) in [6.07, 6.45) is 1.43. The number of hydrogen-bond donors (Lipinski definition) is 2. The predicted molar refractivity (Wildman–Crippen MR) is 156 cm³/mol. The summed E-state index contributed by atoms with van der Waals surface area (Å²) in [5.41, 5.74) is 3.07. The third-order valence-corrected chi connectivity index (χ3v) is 7.39. The number of benzene rings is 3. The molecule has 2 N–H and O–H groups in total. The summed E-state index contributed by atoms with van der Waals surface area (Å²) in [7, 11) is 1.55. The van der Waals surface area contributed by atoms with Crippen LogP contribution >= 0.6 is 11.8 Å². The van der Waals surface area contributed by atoms with E-state index in [9.17, 15) is 14.4 Å². The maximum absolute atomic E-state index is 13.7. The van der Waals surface area contributed by atoms with Crippen molar-refractivity contribution in [3.8, 4) is 5.75 Å². The standard InChI is InChI=1S/C31H27N3O5S/c1-19(2)20-6-8-21(9-7-20)32-27-28(31(37)34(30(27)36)23-12-14-24(38-3)15-13-23)40-25-16-10-22(11-17-25)33-29(35)26-5-4-18-39-26/h4-19,32H,1-3H3,(H,33,35). The Morgan fingerprint density at radius 3 is 2.15 bits per heavy atom. The Morgan fingerprint density at radius 1 is 0.875 bits per heavy atom. The molecule has 0 fully saturated rings. The zero-order valence-electron chi connectivity index (χ0n) is 22.1. The molecule has 3 aromatic carbocycles. The van der Waals surface area contributed by atoms with Crippen molar-refractivity contribution in [1.29, 1.82) is 0 Å². The highest BCUT2D eigenvalue weighted by Gasteiger charge is 2.40. The molecule has 0 bridgehead atoms. The van der Waals surface area contributed by atoms with E-state index in [1.165, 1.54) is 23.6 Å². The van der Waals surface area contributed by atoms with Crippen molar-refractivity contribution in [2.75, 3.05) is 22.6 Å². The first kappa shape index (κ1) is 26.8. The predicted octanol–water partition coefficient (Wildman–Crippen LogP) is 6.65. The normalized spacial score (nSPS) is 13.2. The monoisotopic (exact) mass is 553 g/mol. The van der Waals surface area contributed by atoms with Gasteiger partial charge in [0.15, 0.2) is 5.76 Å². The Morgan fingerprint density at radius 2 is 1.55 bits per heavy atom. The zero-order chi connectivity index (χ0) is 28.2. The Kier molecular flexibility index (Phi) is 7.75. The lowest BCUT2D eigenvalue weighted by Gasteiger charge is -2.16. The van der Waals surface area contributed by atoms with Crippen molar-refractivity contribution >= 4 is 46.5 Å². The molecule has 2 heterocycles. The van der Waals surface area contributed by atoms with Gasteiger partial charge in [-0.25, -0.2) is 4.90 Å². The first-order valence-electron chi connectivity index (χ1n) is 12.6. The molecule has 1 aliphatic rings. The van der Waals surface area contributed by atoms with Gasteiger partial charge < -0.3 is 19.8 Å². The summed E-state index contributed by atoms with van der Waals surface area (Å²) in [5.74, 6) is -0.0616. The second kappa shape index (κ2) is 11.5. The van der Waals surface area contributed by atoms with E-state index in [1.807, 2.05) is 24.3 Å². The minimum atomic E-state index is -0.451. The number of carbonyl (C=O) groups is 3. The van der Waals surface area contributed by atoms with Crippen molar-refractivity contribution in [2.24, 2.45) is 0 Å². The van der Waals surface area contributed by atoms with Crippen LogP contribution in [-0.4, -0.2) is 24.8 Å². The van der Waals surface area contributed by atoms with Crippen LogP contribution in [0.5, 0.6) is 5.75 Å². The van der Waals surface area contributed by atoms with Crippen molar-refractivity contribution in [3.63, 3.8) is 0 Å². The molecular formula is C31H27N3O5S. The van der Waals surface area contributed by atoms with Crippen LogP contribution in [0.15, 0.2) is 111 Å². The molecular weight excluding hydrogens is 526 g/mol. The highest BCUT2D eigenvalue weighted by molar-refractivity contribution is 8.04. The fourth-order valence-electron chi connectivity index (χ4n) is 4.10. The molecule has 0 saturated heterocycles. The molecule has 0 atom stereocenters. The third kappa shape index (κ3) is 5.64. The second-order valence-corrected chi connectivity index (χ2v) is 10.4. The molecule has 1 aromatic heterocycles. The van der Waals surface area contributed by atoms with Crippen molar-refractivity contribution in [2.45, 2.75) is 24.7 Å². The SMILES string of the molecule is COc1ccc(N2C(=O)C(Nc3ccc(C(C)C)cc3)=C(Sc3ccc(NC(=O)c4ccco4)cc3)C2=O)cc1. The molecule has 5 rings (SSSR count). The van der Waals surface area contributed by atoms with Gasteiger partial charge in [0.2, 0.25) is 0 Å². The third-order valence-electron chi connectivity index (χ3n) is 6.30. The van der Waals surface area contributed by atoms with Gasteiger partial charge in [-0.2, -0.15) is 0 Å². The number of nitrogens with zero attached hydrogens (tertiary/aromatic N) is 1. The molecule has 9 heteroatoms. The quantitative estimate of drug-likeness (QED) is 0.224. The van der Waals surface area contributed by atoms with Crippen LogP contribution in [0.25, 0.3) is 0 Å². The number of amides is 3. The molecule has 0 radical (unpaired) electrons. The van der Waals surface area contributed by atoms with Crippen LogP contribution in [0.2, 0.25) is 0 Å². The van der Waals surface area contributed by atoms with Crippen molar-refractivity contribution < 1.29 is 23.5 Å². The van der Waals surface area contributed by atoms with Gasteiger partial charge in [-0.05, 0) is 84.3 Å². The summed E-state index contributed by atoms with van der Waals surface area (Å²) in [6, 6.07) is 24.8. The fourth-order valence-corrected chi connectivity index (χ4v) is 5.03. The van der Waals surface area contributed by atoms with Crippen LogP contribution in [0, 0.1) is 0 Å². The number of nitrogens with one attached hydrogen (secondary N) is 2. The molecule has 4 aromatic rings. The molecule has 3 amide bonds. The Bertz CT molecular complexity index is 1560. The van der Waals surface area contributed by atoms with Gasteiger partial charge in [-0.15, -0.1) is 0 Å². The molecule has 8 nitrogen and oxygen atoms in total. The van der Waals surface area contributed by atoms with E-state index in [-0.39, 0.29) is 22.3 Å². The summed E-state index contributed by atoms with van der Waals surface area (Å²) in [6.45, 7) is 4.22. The van der Waals surface area contributed by atoms with E-state index in [4.69, 9.17) is 9.15 Å². The number of ether oxygens (including phenoxy) is 1. The fraction of sp³-hybridized carbons (Fsp3) is 0.129. The summed E-state index contributed by atoms with van der Waals surface area (Å²) in [4.78, 5) is 41.7. The van der Waals surface area contributed by atoms with E-state index in [0.29, 0.717) is 28.7 Å². The lowest BCUT2D eigenvalue weighted by molar-refractivity contribution is -0.120. The van der Waals surface area contributed by atoms with E-state index in [2.05, 4.69) is 24.5 Å². The van der Waals surface area contributed by atoms with Crippen LogP contribution in [0.1, 0.15) is 35.9 Å². The molecule has 0 saturated carbocycles. The number of methoxy groups -OCH3 is 1. The average molecular weight is 554 g/mol. The van der Waals surface area contributed by atoms with Gasteiger partial charge in [0.25, 0.3) is 17.7 Å². The van der Waals surface area contributed by atoms with Gasteiger partial charge in [-0.1, -0.05) is 37.7 Å². The lowest BCUT2D eigenvalue weighted by Crippen LogP contribution is -2.32. The van der Waals surface area contributed by atoms with Crippen LogP contribution in [0.4, 0.5) is 17.1 Å². The number of hydrogen-bond acceptors (Lipinski definition) is 7. The van der Waals surface area contributed by atoms with Gasteiger partial charge in [0.1, 0.15) is 16.4 Å². The van der Waals surface area contributed by atoms with Crippen molar-refractivity contribution in [3.05, 3.63) is 113 Å². The molecule has 0 spiro atoms. The van der Waals surface area contributed by atoms with Gasteiger partial charge in [0.05, 0.1) is 19.1 Å². The molecule has 40 heavy (non-hydrogen) atoms. The maximum atomic E-state index is 13.7. The van der Waals surface area contributed by atoms with Crippen molar-refractivity contribution in [1.82, 2.24) is 0 Å². The Balaban J connectivity index is 1.42. The number of rotatable bonds is 9. The lowest BCUT2D eigenvalue weighted by atomic mass is 10.0. The zero-order valence-corrected chi connectivity index (χ0v) is 23.0. The van der Waals surface area contributed by atoms with E-state index >= 15 is 0 Å². The molecule has 0 unspecified atom stereocenters. The summed E-state index contributed by atoms with van der Waals surface area (Å²) < 4.78 is 10.3. The summed E-state index contributed by atoms with van der Waals surface area (Å²) in [5, 5.41) is 5.95. The molecule has 202 valence electrons. The molecule has 1 aliphatic heterocycles.